The zero-order chi connectivity index (χ0) is 15.6. The Kier molecular flexibility index (Phi) is 5.88. The summed E-state index contributed by atoms with van der Waals surface area (Å²) >= 11 is 5.39. The first-order valence-corrected chi connectivity index (χ1v) is 9.48. The summed E-state index contributed by atoms with van der Waals surface area (Å²) in [5, 5.41) is 2.16. The first-order chi connectivity index (χ1) is 9.82. The average molecular weight is 374 g/mol. The van der Waals surface area contributed by atoms with E-state index in [9.17, 15) is 0 Å². The van der Waals surface area contributed by atoms with Gasteiger partial charge < -0.3 is 5.73 Å². The molecule has 0 spiro atoms. The first kappa shape index (κ1) is 17.4. The van der Waals surface area contributed by atoms with Crippen molar-refractivity contribution in [2.24, 2.45) is 5.73 Å². The number of halogens is 1. The van der Waals surface area contributed by atoms with Gasteiger partial charge in [-0.1, -0.05) is 6.92 Å². The highest BCUT2D eigenvalue weighted by atomic mass is 79.9. The predicted octanol–water partition coefficient (Wildman–Crippen LogP) is 3.71. The molecule has 2 rings (SSSR count). The Hall–Kier alpha value is 0.0600. The molecule has 1 aromatic heterocycles. The molecule has 0 saturated carbocycles. The second-order valence-electron chi connectivity index (χ2n) is 6.88. The van der Waals surface area contributed by atoms with Crippen LogP contribution < -0.4 is 5.73 Å². The quantitative estimate of drug-likeness (QED) is 0.872. The third-order valence-electron chi connectivity index (χ3n) is 4.41. The number of thiophene rings is 1. The maximum atomic E-state index is 6.45. The largest absolute Gasteiger partial charge is 0.326 e. The molecule has 21 heavy (non-hydrogen) atoms. The van der Waals surface area contributed by atoms with E-state index < -0.39 is 0 Å². The van der Waals surface area contributed by atoms with Gasteiger partial charge in [0.25, 0.3) is 0 Å². The lowest BCUT2D eigenvalue weighted by atomic mass is 10.0. The average Bonchev–Trinajstić information content (AvgIpc) is 2.84. The summed E-state index contributed by atoms with van der Waals surface area (Å²) in [6.07, 6.45) is 1.01. The Morgan fingerprint density at radius 3 is 2.33 bits per heavy atom. The van der Waals surface area contributed by atoms with Crippen LogP contribution in [0.3, 0.4) is 0 Å². The molecule has 2 atom stereocenters. The highest BCUT2D eigenvalue weighted by Crippen LogP contribution is 2.33. The maximum Gasteiger partial charge on any atom is 0.0594 e. The fraction of sp³-hybridized carbons (Fsp3) is 0.750. The van der Waals surface area contributed by atoms with E-state index in [4.69, 9.17) is 5.73 Å². The summed E-state index contributed by atoms with van der Waals surface area (Å²) in [4.78, 5) is 6.54. The van der Waals surface area contributed by atoms with Crippen LogP contribution in [0.5, 0.6) is 0 Å². The van der Waals surface area contributed by atoms with Gasteiger partial charge in [-0.3, -0.25) is 9.80 Å². The standard InChI is InChI=1S/C16H28BrN3S/c1-5-13(18)15(14-10-12(17)11-21-14)19-6-8-20(9-7-19)16(2,3)4/h10-11,13,15H,5-9,18H2,1-4H3. The lowest BCUT2D eigenvalue weighted by molar-refractivity contribution is 0.0360. The van der Waals surface area contributed by atoms with Crippen LogP contribution in [0.25, 0.3) is 0 Å². The predicted molar refractivity (Wildman–Crippen MR) is 95.9 cm³/mol. The van der Waals surface area contributed by atoms with Crippen molar-refractivity contribution in [3.8, 4) is 0 Å². The molecule has 0 amide bonds. The molecule has 0 bridgehead atoms. The molecule has 120 valence electrons. The minimum absolute atomic E-state index is 0.205. The molecule has 2 unspecified atom stereocenters. The number of hydrogen-bond acceptors (Lipinski definition) is 4. The summed E-state index contributed by atoms with van der Waals surface area (Å²) in [7, 11) is 0. The highest BCUT2D eigenvalue weighted by molar-refractivity contribution is 9.10. The number of piperazine rings is 1. The Morgan fingerprint density at radius 2 is 1.90 bits per heavy atom. The van der Waals surface area contributed by atoms with Gasteiger partial charge in [-0.25, -0.2) is 0 Å². The van der Waals surface area contributed by atoms with Gasteiger partial charge in [-0.15, -0.1) is 11.3 Å². The second-order valence-corrected chi connectivity index (χ2v) is 8.74. The molecule has 0 aliphatic carbocycles. The summed E-state index contributed by atoms with van der Waals surface area (Å²) in [6.45, 7) is 13.5. The Balaban J connectivity index is 2.09. The van der Waals surface area contributed by atoms with Crippen molar-refractivity contribution in [2.45, 2.75) is 51.7 Å². The highest BCUT2D eigenvalue weighted by Gasteiger charge is 2.32. The first-order valence-electron chi connectivity index (χ1n) is 7.81. The summed E-state index contributed by atoms with van der Waals surface area (Å²) < 4.78 is 1.17. The fourth-order valence-electron chi connectivity index (χ4n) is 3.04. The van der Waals surface area contributed by atoms with E-state index in [1.807, 2.05) is 11.3 Å². The molecule has 3 nitrogen and oxygen atoms in total. The van der Waals surface area contributed by atoms with Gasteiger partial charge in [-0.2, -0.15) is 0 Å². The van der Waals surface area contributed by atoms with E-state index in [2.05, 4.69) is 64.9 Å². The minimum Gasteiger partial charge on any atom is -0.326 e. The smallest absolute Gasteiger partial charge is 0.0594 e. The molecule has 2 N–H and O–H groups in total. The molecule has 1 aliphatic heterocycles. The summed E-state index contributed by atoms with van der Waals surface area (Å²) in [5.41, 5.74) is 6.71. The van der Waals surface area contributed by atoms with Crippen LogP contribution in [-0.4, -0.2) is 47.6 Å². The molecular weight excluding hydrogens is 346 g/mol. The van der Waals surface area contributed by atoms with Gasteiger partial charge in [0, 0.05) is 52.5 Å². The lowest BCUT2D eigenvalue weighted by Crippen LogP contribution is -2.55. The van der Waals surface area contributed by atoms with E-state index in [0.717, 1.165) is 32.6 Å². The molecule has 1 saturated heterocycles. The van der Waals surface area contributed by atoms with Crippen molar-refractivity contribution in [2.75, 3.05) is 26.2 Å². The molecule has 0 aromatic carbocycles. The molecular formula is C16H28BrN3S. The lowest BCUT2D eigenvalue weighted by Gasteiger charge is -2.45. The van der Waals surface area contributed by atoms with Gasteiger partial charge in [0.1, 0.15) is 0 Å². The molecule has 1 aromatic rings. The number of nitrogens with two attached hydrogens (primary N) is 1. The Morgan fingerprint density at radius 1 is 1.29 bits per heavy atom. The second kappa shape index (κ2) is 7.09. The molecule has 1 aliphatic rings. The fourth-order valence-corrected chi connectivity index (χ4v) is 4.69. The van der Waals surface area contributed by atoms with Crippen LogP contribution in [-0.2, 0) is 0 Å². The van der Waals surface area contributed by atoms with E-state index in [-0.39, 0.29) is 11.6 Å². The van der Waals surface area contributed by atoms with Crippen LogP contribution in [0.1, 0.15) is 45.0 Å². The molecule has 0 radical (unpaired) electrons. The van der Waals surface area contributed by atoms with Crippen molar-refractivity contribution in [1.29, 1.82) is 0 Å². The molecule has 5 heteroatoms. The van der Waals surface area contributed by atoms with Crippen molar-refractivity contribution < 1.29 is 0 Å². The topological polar surface area (TPSA) is 32.5 Å². The van der Waals surface area contributed by atoms with E-state index in [1.54, 1.807) is 0 Å². The number of nitrogens with zero attached hydrogens (tertiary/aromatic N) is 2. The van der Waals surface area contributed by atoms with Crippen LogP contribution >= 0.6 is 27.3 Å². The maximum absolute atomic E-state index is 6.45. The summed E-state index contributed by atoms with van der Waals surface area (Å²) in [5.74, 6) is 0. The number of rotatable bonds is 4. The Labute approximate surface area is 141 Å². The SMILES string of the molecule is CCC(N)C(c1cc(Br)cs1)N1CCN(C(C)(C)C)CC1. The van der Waals surface area contributed by atoms with Crippen LogP contribution in [0.15, 0.2) is 15.9 Å². The summed E-state index contributed by atoms with van der Waals surface area (Å²) in [6, 6.07) is 2.80. The van der Waals surface area contributed by atoms with Crippen molar-refractivity contribution in [3.63, 3.8) is 0 Å². The van der Waals surface area contributed by atoms with Crippen molar-refractivity contribution in [3.05, 3.63) is 20.8 Å². The molecule has 1 fully saturated rings. The zero-order valence-corrected chi connectivity index (χ0v) is 16.0. The van der Waals surface area contributed by atoms with Crippen LogP contribution in [0, 0.1) is 0 Å². The van der Waals surface area contributed by atoms with Crippen LogP contribution in [0.4, 0.5) is 0 Å². The minimum atomic E-state index is 0.205. The third kappa shape index (κ3) is 4.29. The van der Waals surface area contributed by atoms with Crippen LogP contribution in [0.2, 0.25) is 0 Å². The number of hydrogen-bond donors (Lipinski definition) is 1. The monoisotopic (exact) mass is 373 g/mol. The molecule has 2 heterocycles. The zero-order valence-electron chi connectivity index (χ0n) is 13.6. The van der Waals surface area contributed by atoms with E-state index in [1.165, 1.54) is 9.35 Å². The van der Waals surface area contributed by atoms with Crippen molar-refractivity contribution >= 4 is 27.3 Å². The van der Waals surface area contributed by atoms with Crippen molar-refractivity contribution in [1.82, 2.24) is 9.80 Å². The van der Waals surface area contributed by atoms with Gasteiger partial charge in [0.15, 0.2) is 0 Å². The Bertz CT molecular complexity index is 447. The van der Waals surface area contributed by atoms with Gasteiger partial charge in [-0.05, 0) is 49.2 Å². The normalized spacial score (nSPS) is 21.4. The van der Waals surface area contributed by atoms with Gasteiger partial charge >= 0.3 is 0 Å². The van der Waals surface area contributed by atoms with Gasteiger partial charge in [0.05, 0.1) is 6.04 Å². The third-order valence-corrected chi connectivity index (χ3v) is 6.18. The van der Waals surface area contributed by atoms with Gasteiger partial charge in [0.2, 0.25) is 0 Å². The van der Waals surface area contributed by atoms with E-state index in [0.29, 0.717) is 6.04 Å². The van der Waals surface area contributed by atoms with E-state index >= 15 is 0 Å².